The molecule has 0 spiro atoms. The number of carbonyl (C=O) groups excluding carboxylic acids is 2. The van der Waals surface area contributed by atoms with Gasteiger partial charge in [-0.2, -0.15) is 0 Å². The Morgan fingerprint density at radius 1 is 1.14 bits per heavy atom. The van der Waals surface area contributed by atoms with E-state index in [0.29, 0.717) is 19.6 Å². The minimum Gasteiger partial charge on any atom is -0.349 e. The summed E-state index contributed by atoms with van der Waals surface area (Å²) >= 11 is 0. The lowest BCUT2D eigenvalue weighted by molar-refractivity contribution is -0.129. The zero-order valence-corrected chi connectivity index (χ0v) is 16.0. The maximum Gasteiger partial charge on any atom is 0.225 e. The highest BCUT2D eigenvalue weighted by Gasteiger charge is 2.33. The molecule has 1 aromatic heterocycles. The molecular weight excluding hydrogens is 352 g/mol. The second-order valence-corrected chi connectivity index (χ2v) is 7.27. The number of carbonyl (C=O) groups is 2. The SMILES string of the molecule is Cn1c(CNC(=O)C2CC(=O)N(CCc3ccccc3)C2)nc2ccccc21. The van der Waals surface area contributed by atoms with Crippen molar-refractivity contribution in [3.63, 3.8) is 0 Å². The van der Waals surface area contributed by atoms with Crippen LogP contribution in [0.25, 0.3) is 11.0 Å². The zero-order valence-electron chi connectivity index (χ0n) is 16.0. The van der Waals surface area contributed by atoms with Gasteiger partial charge in [0.1, 0.15) is 5.82 Å². The first kappa shape index (κ1) is 18.2. The van der Waals surface area contributed by atoms with Gasteiger partial charge in [0.2, 0.25) is 11.8 Å². The van der Waals surface area contributed by atoms with Crippen LogP contribution in [-0.4, -0.2) is 39.4 Å². The van der Waals surface area contributed by atoms with E-state index >= 15 is 0 Å². The number of para-hydroxylation sites is 2. The van der Waals surface area contributed by atoms with Crippen LogP contribution in [0.2, 0.25) is 0 Å². The van der Waals surface area contributed by atoms with Gasteiger partial charge >= 0.3 is 0 Å². The normalized spacial score (nSPS) is 16.7. The van der Waals surface area contributed by atoms with Crippen molar-refractivity contribution in [1.82, 2.24) is 19.8 Å². The predicted molar refractivity (Wildman–Crippen MR) is 107 cm³/mol. The van der Waals surface area contributed by atoms with Gasteiger partial charge in [0, 0.05) is 26.6 Å². The fourth-order valence-corrected chi connectivity index (χ4v) is 3.74. The Morgan fingerprint density at radius 2 is 1.89 bits per heavy atom. The highest BCUT2D eigenvalue weighted by molar-refractivity contribution is 5.89. The van der Waals surface area contributed by atoms with Gasteiger partial charge in [-0.05, 0) is 24.1 Å². The Morgan fingerprint density at radius 3 is 2.68 bits per heavy atom. The molecule has 3 aromatic rings. The Kier molecular flexibility index (Phi) is 5.10. The van der Waals surface area contributed by atoms with E-state index in [0.717, 1.165) is 23.3 Å². The summed E-state index contributed by atoms with van der Waals surface area (Å²) in [4.78, 5) is 31.2. The zero-order chi connectivity index (χ0) is 19.5. The molecule has 28 heavy (non-hydrogen) atoms. The first-order chi connectivity index (χ1) is 13.6. The van der Waals surface area contributed by atoms with Gasteiger partial charge in [0.05, 0.1) is 23.5 Å². The Labute approximate surface area is 164 Å². The quantitative estimate of drug-likeness (QED) is 0.718. The highest BCUT2D eigenvalue weighted by atomic mass is 16.2. The second-order valence-electron chi connectivity index (χ2n) is 7.27. The number of nitrogens with one attached hydrogen (secondary N) is 1. The molecule has 1 aliphatic rings. The van der Waals surface area contributed by atoms with Gasteiger partial charge in [-0.15, -0.1) is 0 Å². The van der Waals surface area contributed by atoms with Crippen molar-refractivity contribution in [2.75, 3.05) is 13.1 Å². The van der Waals surface area contributed by atoms with E-state index < -0.39 is 0 Å². The van der Waals surface area contributed by atoms with Crippen LogP contribution in [0.1, 0.15) is 17.8 Å². The summed E-state index contributed by atoms with van der Waals surface area (Å²) in [6.45, 7) is 1.50. The largest absolute Gasteiger partial charge is 0.349 e. The summed E-state index contributed by atoms with van der Waals surface area (Å²) in [5.74, 6) is 0.485. The van der Waals surface area contributed by atoms with Crippen LogP contribution >= 0.6 is 0 Å². The molecule has 0 saturated carbocycles. The van der Waals surface area contributed by atoms with Crippen molar-refractivity contribution in [1.29, 1.82) is 0 Å². The van der Waals surface area contributed by atoms with E-state index in [9.17, 15) is 9.59 Å². The van der Waals surface area contributed by atoms with Crippen LogP contribution in [0.3, 0.4) is 0 Å². The molecule has 0 radical (unpaired) electrons. The van der Waals surface area contributed by atoms with E-state index in [2.05, 4.69) is 22.4 Å². The van der Waals surface area contributed by atoms with Gasteiger partial charge in [-0.25, -0.2) is 4.98 Å². The van der Waals surface area contributed by atoms with Crippen LogP contribution in [-0.2, 0) is 29.6 Å². The molecule has 144 valence electrons. The number of imidazole rings is 1. The van der Waals surface area contributed by atoms with E-state index in [1.165, 1.54) is 5.56 Å². The van der Waals surface area contributed by atoms with Gasteiger partial charge < -0.3 is 14.8 Å². The average Bonchev–Trinajstić information content (AvgIpc) is 3.25. The number of hydrogen-bond acceptors (Lipinski definition) is 3. The van der Waals surface area contributed by atoms with Crippen molar-refractivity contribution in [2.24, 2.45) is 13.0 Å². The molecule has 1 saturated heterocycles. The lowest BCUT2D eigenvalue weighted by atomic mass is 10.1. The third-order valence-corrected chi connectivity index (χ3v) is 5.40. The Hall–Kier alpha value is -3.15. The molecular formula is C22H24N4O2. The molecule has 2 aromatic carbocycles. The standard InChI is InChI=1S/C22H24N4O2/c1-25-19-10-6-5-9-18(19)24-20(25)14-23-22(28)17-13-21(27)26(15-17)12-11-16-7-3-2-4-8-16/h2-10,17H,11-15H2,1H3,(H,23,28). The molecule has 1 aliphatic heterocycles. The van der Waals surface area contributed by atoms with E-state index in [1.807, 2.05) is 54.1 Å². The van der Waals surface area contributed by atoms with E-state index in [4.69, 9.17) is 0 Å². The van der Waals surface area contributed by atoms with Crippen molar-refractivity contribution in [3.8, 4) is 0 Å². The highest BCUT2D eigenvalue weighted by Crippen LogP contribution is 2.19. The van der Waals surface area contributed by atoms with E-state index in [1.54, 1.807) is 4.90 Å². The van der Waals surface area contributed by atoms with Gasteiger partial charge in [-0.1, -0.05) is 42.5 Å². The first-order valence-electron chi connectivity index (χ1n) is 9.61. The van der Waals surface area contributed by atoms with Crippen LogP contribution < -0.4 is 5.32 Å². The Bertz CT molecular complexity index is 996. The number of likely N-dealkylation sites (tertiary alicyclic amines) is 1. The number of benzene rings is 2. The van der Waals surface area contributed by atoms with Crippen LogP contribution in [0, 0.1) is 5.92 Å². The van der Waals surface area contributed by atoms with Crippen molar-refractivity contribution in [3.05, 3.63) is 66.0 Å². The number of aromatic nitrogens is 2. The Balaban J connectivity index is 1.32. The molecule has 2 amide bonds. The molecule has 0 aliphatic carbocycles. The van der Waals surface area contributed by atoms with Crippen LogP contribution in [0.4, 0.5) is 0 Å². The van der Waals surface area contributed by atoms with Crippen molar-refractivity contribution in [2.45, 2.75) is 19.4 Å². The number of hydrogen-bond donors (Lipinski definition) is 1. The molecule has 4 rings (SSSR count). The molecule has 2 heterocycles. The molecule has 1 atom stereocenters. The smallest absolute Gasteiger partial charge is 0.225 e. The summed E-state index contributed by atoms with van der Waals surface area (Å²) in [7, 11) is 1.95. The molecule has 6 heteroatoms. The van der Waals surface area contributed by atoms with Gasteiger partial charge in [0.15, 0.2) is 0 Å². The topological polar surface area (TPSA) is 67.2 Å². The van der Waals surface area contributed by atoms with Crippen molar-refractivity contribution >= 4 is 22.8 Å². The van der Waals surface area contributed by atoms with Gasteiger partial charge in [-0.3, -0.25) is 9.59 Å². The maximum atomic E-state index is 12.6. The number of fused-ring (bicyclic) bond motifs is 1. The third-order valence-electron chi connectivity index (χ3n) is 5.40. The maximum absolute atomic E-state index is 12.6. The van der Waals surface area contributed by atoms with Crippen LogP contribution in [0.5, 0.6) is 0 Å². The average molecular weight is 376 g/mol. The van der Waals surface area contributed by atoms with Crippen molar-refractivity contribution < 1.29 is 9.59 Å². The summed E-state index contributed by atoms with van der Waals surface area (Å²) in [6.07, 6.45) is 1.09. The fraction of sp³-hybridized carbons (Fsp3) is 0.318. The summed E-state index contributed by atoms with van der Waals surface area (Å²) in [5, 5.41) is 2.96. The first-order valence-corrected chi connectivity index (χ1v) is 9.61. The molecule has 0 bridgehead atoms. The summed E-state index contributed by atoms with van der Waals surface area (Å²) < 4.78 is 1.99. The lowest BCUT2D eigenvalue weighted by Gasteiger charge is -2.16. The predicted octanol–water partition coefficient (Wildman–Crippen LogP) is 2.28. The third kappa shape index (κ3) is 3.76. The number of amides is 2. The molecule has 1 fully saturated rings. The van der Waals surface area contributed by atoms with Crippen LogP contribution in [0.15, 0.2) is 54.6 Å². The second kappa shape index (κ2) is 7.84. The number of nitrogens with zero attached hydrogens (tertiary/aromatic N) is 3. The fourth-order valence-electron chi connectivity index (χ4n) is 3.74. The number of rotatable bonds is 6. The number of aryl methyl sites for hydroxylation is 1. The van der Waals surface area contributed by atoms with E-state index in [-0.39, 0.29) is 24.2 Å². The van der Waals surface area contributed by atoms with Gasteiger partial charge in [0.25, 0.3) is 0 Å². The minimum absolute atomic E-state index is 0.0545. The molecule has 1 unspecified atom stereocenters. The lowest BCUT2D eigenvalue weighted by Crippen LogP contribution is -2.33. The summed E-state index contributed by atoms with van der Waals surface area (Å²) in [5.41, 5.74) is 3.15. The monoisotopic (exact) mass is 376 g/mol. The molecule has 1 N–H and O–H groups in total. The summed E-state index contributed by atoms with van der Waals surface area (Å²) in [6, 6.07) is 18.0. The minimum atomic E-state index is -0.294. The molecule has 6 nitrogen and oxygen atoms in total.